The Bertz CT molecular complexity index is 658. The molecule has 4 heteroatoms. The summed E-state index contributed by atoms with van der Waals surface area (Å²) in [4.78, 5) is 29.9. The predicted octanol–water partition coefficient (Wildman–Crippen LogP) is 3.72. The van der Waals surface area contributed by atoms with Crippen LogP contribution >= 0.6 is 0 Å². The average molecular weight is 340 g/mol. The van der Waals surface area contributed by atoms with Crippen molar-refractivity contribution in [2.75, 3.05) is 26.2 Å². The Hall–Kier alpha value is -1.84. The monoisotopic (exact) mass is 340 g/mol. The molecule has 2 aliphatic heterocycles. The van der Waals surface area contributed by atoms with Crippen molar-refractivity contribution in [1.29, 1.82) is 0 Å². The number of carbonyl (C=O) groups excluding carboxylic acids is 2. The van der Waals surface area contributed by atoms with Crippen LogP contribution in [0.1, 0.15) is 72.1 Å². The van der Waals surface area contributed by atoms with Crippen LogP contribution in [0.5, 0.6) is 0 Å². The van der Waals surface area contributed by atoms with Gasteiger partial charge in [-0.25, -0.2) is 0 Å². The summed E-state index contributed by atoms with van der Waals surface area (Å²) in [5.41, 5.74) is 1.52. The van der Waals surface area contributed by atoms with Gasteiger partial charge in [0.1, 0.15) is 0 Å². The second-order valence-electron chi connectivity index (χ2n) is 8.08. The van der Waals surface area contributed by atoms with E-state index in [1.807, 2.05) is 34.1 Å². The molecular weight excluding hydrogens is 312 g/mol. The van der Waals surface area contributed by atoms with Gasteiger partial charge in [-0.3, -0.25) is 9.59 Å². The minimum absolute atomic E-state index is 0.0213. The largest absolute Gasteiger partial charge is 0.339 e. The number of rotatable bonds is 2. The molecule has 0 bridgehead atoms. The Morgan fingerprint density at radius 1 is 0.720 bits per heavy atom. The Morgan fingerprint density at radius 2 is 1.32 bits per heavy atom. The fourth-order valence-electron chi connectivity index (χ4n) is 4.94. The van der Waals surface area contributed by atoms with Crippen molar-refractivity contribution in [3.63, 3.8) is 0 Å². The summed E-state index contributed by atoms with van der Waals surface area (Å²) in [5.74, 6) is 0.0682. The van der Waals surface area contributed by atoms with Crippen molar-refractivity contribution in [2.24, 2.45) is 5.41 Å². The molecule has 0 radical (unpaired) electrons. The predicted molar refractivity (Wildman–Crippen MR) is 97.6 cm³/mol. The molecule has 0 unspecified atom stereocenters. The minimum atomic E-state index is 0.0213. The molecule has 4 nitrogen and oxygen atoms in total. The van der Waals surface area contributed by atoms with Gasteiger partial charge in [0.2, 0.25) is 0 Å². The lowest BCUT2D eigenvalue weighted by Gasteiger charge is -2.33. The molecule has 2 saturated heterocycles. The first-order chi connectivity index (χ1) is 12.2. The number of benzene rings is 1. The maximum absolute atomic E-state index is 13.2. The van der Waals surface area contributed by atoms with E-state index in [1.165, 1.54) is 32.1 Å². The van der Waals surface area contributed by atoms with Crippen LogP contribution in [0.3, 0.4) is 0 Å². The molecule has 0 atom stereocenters. The second-order valence-corrected chi connectivity index (χ2v) is 8.08. The van der Waals surface area contributed by atoms with Crippen LogP contribution in [-0.4, -0.2) is 47.8 Å². The summed E-state index contributed by atoms with van der Waals surface area (Å²) < 4.78 is 0. The molecule has 0 N–H and O–H groups in total. The molecule has 3 aliphatic rings. The van der Waals surface area contributed by atoms with E-state index < -0.39 is 0 Å². The topological polar surface area (TPSA) is 40.6 Å². The van der Waals surface area contributed by atoms with E-state index in [0.29, 0.717) is 16.5 Å². The van der Waals surface area contributed by atoms with Gasteiger partial charge in [-0.05, 0) is 49.7 Å². The number of carbonyl (C=O) groups is 2. The molecule has 1 aromatic rings. The van der Waals surface area contributed by atoms with Crippen LogP contribution in [0.4, 0.5) is 0 Å². The summed E-state index contributed by atoms with van der Waals surface area (Å²) in [6.45, 7) is 3.34. The summed E-state index contributed by atoms with van der Waals surface area (Å²) in [6, 6.07) is 7.39. The molecule has 25 heavy (non-hydrogen) atoms. The van der Waals surface area contributed by atoms with Gasteiger partial charge < -0.3 is 9.80 Å². The molecule has 0 aromatic heterocycles. The molecule has 134 valence electrons. The van der Waals surface area contributed by atoms with Crippen molar-refractivity contribution in [3.05, 3.63) is 35.4 Å². The second kappa shape index (κ2) is 6.81. The summed E-state index contributed by atoms with van der Waals surface area (Å²) >= 11 is 0. The van der Waals surface area contributed by atoms with Gasteiger partial charge in [0.05, 0.1) is 11.1 Å². The number of amides is 2. The SMILES string of the molecule is O=C(c1ccccc1C(=O)N1CCC2(CCCCC2)C1)N1CCCC1. The van der Waals surface area contributed by atoms with E-state index in [-0.39, 0.29) is 11.8 Å². The summed E-state index contributed by atoms with van der Waals surface area (Å²) in [5, 5.41) is 0. The molecule has 1 saturated carbocycles. The molecule has 1 aliphatic carbocycles. The highest BCUT2D eigenvalue weighted by Gasteiger charge is 2.41. The van der Waals surface area contributed by atoms with Gasteiger partial charge in [0.25, 0.3) is 11.8 Å². The highest BCUT2D eigenvalue weighted by molar-refractivity contribution is 6.07. The van der Waals surface area contributed by atoms with E-state index in [0.717, 1.165) is 45.4 Å². The lowest BCUT2D eigenvalue weighted by Crippen LogP contribution is -2.35. The standard InChI is InChI=1S/C21H28N2O2/c24-19(22-13-6-7-14-22)17-8-2-3-9-18(17)20(25)23-15-12-21(16-23)10-4-1-5-11-21/h2-3,8-9H,1,4-7,10-16H2. The van der Waals surface area contributed by atoms with E-state index >= 15 is 0 Å². The minimum Gasteiger partial charge on any atom is -0.339 e. The Kier molecular flexibility index (Phi) is 4.53. The van der Waals surface area contributed by atoms with Gasteiger partial charge in [0.15, 0.2) is 0 Å². The van der Waals surface area contributed by atoms with Gasteiger partial charge in [-0.1, -0.05) is 31.4 Å². The van der Waals surface area contributed by atoms with Gasteiger partial charge >= 0.3 is 0 Å². The molecule has 3 fully saturated rings. The van der Waals surface area contributed by atoms with Gasteiger partial charge in [-0.2, -0.15) is 0 Å². The lowest BCUT2D eigenvalue weighted by atomic mass is 9.73. The molecule has 1 spiro atoms. The molecule has 1 aromatic carbocycles. The molecular formula is C21H28N2O2. The first-order valence-corrected chi connectivity index (χ1v) is 9.86. The average Bonchev–Trinajstić information content (AvgIpc) is 3.32. The van der Waals surface area contributed by atoms with Crippen LogP contribution in [0.15, 0.2) is 24.3 Å². The Morgan fingerprint density at radius 3 is 1.96 bits per heavy atom. The fourth-order valence-corrected chi connectivity index (χ4v) is 4.94. The summed E-state index contributed by atoms with van der Waals surface area (Å²) in [6.07, 6.45) is 9.70. The van der Waals surface area contributed by atoms with E-state index in [1.54, 1.807) is 0 Å². The van der Waals surface area contributed by atoms with Crippen molar-refractivity contribution >= 4 is 11.8 Å². The van der Waals surface area contributed by atoms with Crippen LogP contribution in [0.2, 0.25) is 0 Å². The third-order valence-corrected chi connectivity index (χ3v) is 6.42. The highest BCUT2D eigenvalue weighted by Crippen LogP contribution is 2.44. The molecule has 4 rings (SSSR count). The summed E-state index contributed by atoms with van der Waals surface area (Å²) in [7, 11) is 0. The molecule has 2 amide bonds. The van der Waals surface area contributed by atoms with Crippen molar-refractivity contribution < 1.29 is 9.59 Å². The zero-order valence-electron chi connectivity index (χ0n) is 15.0. The van der Waals surface area contributed by atoms with Gasteiger partial charge in [0, 0.05) is 26.2 Å². The van der Waals surface area contributed by atoms with E-state index in [4.69, 9.17) is 0 Å². The first kappa shape index (κ1) is 16.6. The maximum Gasteiger partial charge on any atom is 0.254 e. The van der Waals surface area contributed by atoms with E-state index in [9.17, 15) is 9.59 Å². The smallest absolute Gasteiger partial charge is 0.254 e. The lowest BCUT2D eigenvalue weighted by molar-refractivity contribution is 0.0734. The van der Waals surface area contributed by atoms with Crippen LogP contribution in [0.25, 0.3) is 0 Å². The van der Waals surface area contributed by atoms with Gasteiger partial charge in [-0.15, -0.1) is 0 Å². The zero-order valence-corrected chi connectivity index (χ0v) is 15.0. The normalized spacial score (nSPS) is 22.6. The van der Waals surface area contributed by atoms with Crippen LogP contribution < -0.4 is 0 Å². The number of likely N-dealkylation sites (tertiary alicyclic amines) is 2. The first-order valence-electron chi connectivity index (χ1n) is 9.86. The Labute approximate surface area is 150 Å². The van der Waals surface area contributed by atoms with Crippen molar-refractivity contribution in [2.45, 2.75) is 51.4 Å². The maximum atomic E-state index is 13.2. The van der Waals surface area contributed by atoms with Crippen molar-refractivity contribution in [1.82, 2.24) is 9.80 Å². The fraction of sp³-hybridized carbons (Fsp3) is 0.619. The number of hydrogen-bond donors (Lipinski definition) is 0. The quantitative estimate of drug-likeness (QED) is 0.823. The highest BCUT2D eigenvalue weighted by atomic mass is 16.2. The van der Waals surface area contributed by atoms with Crippen LogP contribution in [0, 0.1) is 5.41 Å². The number of nitrogens with zero attached hydrogens (tertiary/aromatic N) is 2. The Balaban J connectivity index is 1.53. The van der Waals surface area contributed by atoms with Crippen molar-refractivity contribution in [3.8, 4) is 0 Å². The van der Waals surface area contributed by atoms with E-state index in [2.05, 4.69) is 0 Å². The molecule has 2 heterocycles. The van der Waals surface area contributed by atoms with Crippen LogP contribution in [-0.2, 0) is 0 Å². The third kappa shape index (κ3) is 3.19. The zero-order chi connectivity index (χ0) is 17.3. The third-order valence-electron chi connectivity index (χ3n) is 6.42. The number of hydrogen-bond acceptors (Lipinski definition) is 2.